The Bertz CT molecular complexity index is 753. The molecule has 2 aromatic rings. The van der Waals surface area contributed by atoms with Gasteiger partial charge in [0.2, 0.25) is 5.91 Å². The lowest BCUT2D eigenvalue weighted by Crippen LogP contribution is -2.38. The zero-order valence-corrected chi connectivity index (χ0v) is 15.6. The Morgan fingerprint density at radius 2 is 1.50 bits per heavy atom. The van der Waals surface area contributed by atoms with E-state index in [0.29, 0.717) is 6.42 Å². The lowest BCUT2D eigenvalue weighted by molar-refractivity contribution is -0.138. The first-order chi connectivity index (χ1) is 13.3. The number of rotatable bonds is 7. The van der Waals surface area contributed by atoms with Crippen molar-refractivity contribution in [2.45, 2.75) is 32.0 Å². The maximum absolute atomic E-state index is 11.1. The fourth-order valence-electron chi connectivity index (χ4n) is 1.97. The van der Waals surface area contributed by atoms with Gasteiger partial charge in [-0.3, -0.25) is 9.59 Å². The summed E-state index contributed by atoms with van der Waals surface area (Å²) in [5.41, 5.74) is 12.4. The van der Waals surface area contributed by atoms with Gasteiger partial charge in [-0.15, -0.1) is 0 Å². The number of nitrogens with two attached hydrogens (primary N) is 2. The molecule has 0 aromatic heterocycles. The molecule has 0 spiro atoms. The van der Waals surface area contributed by atoms with E-state index in [0.717, 1.165) is 11.1 Å². The Morgan fingerprint density at radius 1 is 1.00 bits per heavy atom. The molecule has 8 nitrogen and oxygen atoms in total. The lowest BCUT2D eigenvalue weighted by atomic mass is 10.1. The third-order valence-corrected chi connectivity index (χ3v) is 3.58. The van der Waals surface area contributed by atoms with E-state index in [1.807, 2.05) is 60.7 Å². The quantitative estimate of drug-likeness (QED) is 0.565. The Hall–Kier alpha value is -3.39. The van der Waals surface area contributed by atoms with Crippen molar-refractivity contribution in [3.8, 4) is 0 Å². The Balaban J connectivity index is 0.000000292. The fraction of sp³-hybridized carbons (Fsp3) is 0.250. The minimum Gasteiger partial charge on any atom is -0.480 e. The summed E-state index contributed by atoms with van der Waals surface area (Å²) in [6, 6.07) is 17.2. The molecule has 0 heterocycles. The van der Waals surface area contributed by atoms with Crippen LogP contribution in [-0.4, -0.2) is 35.2 Å². The maximum atomic E-state index is 11.1. The number of benzene rings is 2. The van der Waals surface area contributed by atoms with Crippen LogP contribution in [0.5, 0.6) is 0 Å². The zero-order valence-electron chi connectivity index (χ0n) is 15.6. The monoisotopic (exact) mass is 387 g/mol. The van der Waals surface area contributed by atoms with Crippen molar-refractivity contribution >= 4 is 18.0 Å². The summed E-state index contributed by atoms with van der Waals surface area (Å²) in [7, 11) is 0. The number of aliphatic carboxylic acids is 1. The molecule has 0 bridgehead atoms. The first-order valence-electron chi connectivity index (χ1n) is 8.58. The predicted octanol–water partition coefficient (Wildman–Crippen LogP) is 1.43. The molecule has 0 aliphatic rings. The molecule has 2 amide bonds. The largest absolute Gasteiger partial charge is 0.480 e. The molecule has 0 aliphatic carbocycles. The van der Waals surface area contributed by atoms with E-state index in [2.05, 4.69) is 5.32 Å². The molecular weight excluding hydrogens is 362 g/mol. The lowest BCUT2D eigenvalue weighted by Gasteiger charge is -2.09. The van der Waals surface area contributed by atoms with Crippen molar-refractivity contribution in [3.05, 3.63) is 71.8 Å². The molecule has 0 fully saturated rings. The average molecular weight is 387 g/mol. The molecule has 28 heavy (non-hydrogen) atoms. The van der Waals surface area contributed by atoms with Gasteiger partial charge in [-0.05, 0) is 24.5 Å². The molecular formula is C20H25N3O5. The molecule has 6 N–H and O–H groups in total. The number of carboxylic acid groups (broad SMARTS) is 1. The van der Waals surface area contributed by atoms with Gasteiger partial charge < -0.3 is 26.6 Å². The van der Waals surface area contributed by atoms with Crippen molar-refractivity contribution in [1.82, 2.24) is 5.32 Å². The van der Waals surface area contributed by atoms with Crippen LogP contribution in [-0.2, 0) is 27.4 Å². The molecule has 0 radical (unpaired) electrons. The third-order valence-electron chi connectivity index (χ3n) is 3.58. The molecule has 0 saturated carbocycles. The van der Waals surface area contributed by atoms with E-state index in [9.17, 15) is 14.4 Å². The number of carbonyl (C=O) groups excluding carboxylic acids is 2. The number of nitrogens with one attached hydrogen (secondary N) is 1. The van der Waals surface area contributed by atoms with Crippen LogP contribution < -0.4 is 16.8 Å². The van der Waals surface area contributed by atoms with Crippen LogP contribution in [0.25, 0.3) is 0 Å². The van der Waals surface area contributed by atoms with E-state index < -0.39 is 30.1 Å². The number of alkyl carbamates (subject to hydrolysis) is 1. The second kappa shape index (κ2) is 12.1. The Kier molecular flexibility index (Phi) is 9.77. The van der Waals surface area contributed by atoms with Crippen molar-refractivity contribution in [2.75, 3.05) is 0 Å². The number of carbonyl (C=O) groups is 3. The van der Waals surface area contributed by atoms with Crippen molar-refractivity contribution in [3.63, 3.8) is 0 Å². The van der Waals surface area contributed by atoms with Crippen molar-refractivity contribution in [1.29, 1.82) is 0 Å². The average Bonchev–Trinajstić information content (AvgIpc) is 2.68. The SMILES string of the molecule is C[C@H](NC(=O)OCc1ccccc1)C(=O)O.NC(=O)[C@@H](N)Cc1ccccc1. The van der Waals surface area contributed by atoms with Crippen LogP contribution in [0.15, 0.2) is 60.7 Å². The number of ether oxygens (including phenoxy) is 1. The number of carboxylic acids is 1. The number of primary amides is 1. The first-order valence-corrected chi connectivity index (χ1v) is 8.58. The third kappa shape index (κ3) is 9.35. The van der Waals surface area contributed by atoms with E-state index in [1.54, 1.807) is 0 Å². The van der Waals surface area contributed by atoms with Gasteiger partial charge >= 0.3 is 12.1 Å². The standard InChI is InChI=1S/C11H13NO4.C9H12N2O/c1-8(10(13)14)12-11(15)16-7-9-5-3-2-4-6-9;10-8(9(11)12)6-7-4-2-1-3-5-7/h2-6,8H,7H2,1H3,(H,12,15)(H,13,14);1-5,8H,6,10H2,(H2,11,12)/t2*8-/m00/s1. The summed E-state index contributed by atoms with van der Waals surface area (Å²) in [4.78, 5) is 32.2. The van der Waals surface area contributed by atoms with Gasteiger partial charge in [0.25, 0.3) is 0 Å². The van der Waals surface area contributed by atoms with E-state index in [4.69, 9.17) is 21.3 Å². The van der Waals surface area contributed by atoms with Gasteiger partial charge in [-0.2, -0.15) is 0 Å². The minimum absolute atomic E-state index is 0.124. The molecule has 2 rings (SSSR count). The number of amides is 2. The van der Waals surface area contributed by atoms with E-state index in [-0.39, 0.29) is 6.61 Å². The molecule has 2 atom stereocenters. The van der Waals surface area contributed by atoms with Crippen LogP contribution in [0.2, 0.25) is 0 Å². The van der Waals surface area contributed by atoms with Gasteiger partial charge in [0.1, 0.15) is 12.6 Å². The number of hydrogen-bond acceptors (Lipinski definition) is 5. The van der Waals surface area contributed by atoms with Crippen LogP contribution in [0, 0.1) is 0 Å². The smallest absolute Gasteiger partial charge is 0.408 e. The normalized spacial score (nSPS) is 11.9. The molecule has 8 heteroatoms. The van der Waals surface area contributed by atoms with Gasteiger partial charge in [-0.25, -0.2) is 4.79 Å². The molecule has 0 aliphatic heterocycles. The Morgan fingerprint density at radius 3 is 1.96 bits per heavy atom. The highest BCUT2D eigenvalue weighted by Gasteiger charge is 2.14. The maximum Gasteiger partial charge on any atom is 0.408 e. The summed E-state index contributed by atoms with van der Waals surface area (Å²) < 4.78 is 4.84. The highest BCUT2D eigenvalue weighted by atomic mass is 16.5. The van der Waals surface area contributed by atoms with Gasteiger partial charge in [0, 0.05) is 0 Å². The molecule has 2 aromatic carbocycles. The first kappa shape index (κ1) is 22.7. The topological polar surface area (TPSA) is 145 Å². The van der Waals surface area contributed by atoms with E-state index in [1.165, 1.54) is 6.92 Å². The molecule has 150 valence electrons. The van der Waals surface area contributed by atoms with Crippen LogP contribution in [0.1, 0.15) is 18.1 Å². The fourth-order valence-corrected chi connectivity index (χ4v) is 1.97. The highest BCUT2D eigenvalue weighted by Crippen LogP contribution is 2.01. The summed E-state index contributed by atoms with van der Waals surface area (Å²) >= 11 is 0. The summed E-state index contributed by atoms with van der Waals surface area (Å²) in [5.74, 6) is -1.56. The molecule has 0 saturated heterocycles. The molecule has 0 unspecified atom stereocenters. The second-order valence-electron chi connectivity index (χ2n) is 5.96. The summed E-state index contributed by atoms with van der Waals surface area (Å²) in [6.45, 7) is 1.49. The van der Waals surface area contributed by atoms with E-state index >= 15 is 0 Å². The van der Waals surface area contributed by atoms with Crippen LogP contribution >= 0.6 is 0 Å². The summed E-state index contributed by atoms with van der Waals surface area (Å²) in [5, 5.41) is 10.7. The predicted molar refractivity (Wildman–Crippen MR) is 104 cm³/mol. The van der Waals surface area contributed by atoms with Crippen molar-refractivity contribution < 1.29 is 24.2 Å². The number of hydrogen-bond donors (Lipinski definition) is 4. The summed E-state index contributed by atoms with van der Waals surface area (Å²) in [6.07, 6.45) is -0.227. The minimum atomic E-state index is -1.10. The van der Waals surface area contributed by atoms with Crippen molar-refractivity contribution in [2.24, 2.45) is 11.5 Å². The van der Waals surface area contributed by atoms with Gasteiger partial charge in [0.15, 0.2) is 0 Å². The van der Waals surface area contributed by atoms with Gasteiger partial charge in [0.05, 0.1) is 6.04 Å². The second-order valence-corrected chi connectivity index (χ2v) is 5.96. The van der Waals surface area contributed by atoms with Crippen LogP contribution in [0.3, 0.4) is 0 Å². The zero-order chi connectivity index (χ0) is 20.9. The Labute approximate surface area is 163 Å². The van der Waals surface area contributed by atoms with Crippen LogP contribution in [0.4, 0.5) is 4.79 Å². The van der Waals surface area contributed by atoms with Gasteiger partial charge in [-0.1, -0.05) is 60.7 Å². The highest BCUT2D eigenvalue weighted by molar-refractivity contribution is 5.80.